The van der Waals surface area contributed by atoms with Gasteiger partial charge in [0.1, 0.15) is 5.82 Å². The van der Waals surface area contributed by atoms with Gasteiger partial charge in [-0.25, -0.2) is 4.98 Å². The van der Waals surface area contributed by atoms with Crippen LogP contribution in [0.15, 0.2) is 29.6 Å². The SMILES string of the molecule is CCc1ncc(S(=O)(=O)Nc2ccnc(C)c2)[nH]1. The van der Waals surface area contributed by atoms with Crippen molar-refractivity contribution in [2.45, 2.75) is 25.3 Å². The molecule has 0 unspecified atom stereocenters. The second-order valence-corrected chi connectivity index (χ2v) is 5.49. The third-order valence-corrected chi connectivity index (χ3v) is 3.67. The molecule has 0 aromatic carbocycles. The van der Waals surface area contributed by atoms with Gasteiger partial charge >= 0.3 is 0 Å². The molecule has 0 bridgehead atoms. The number of hydrogen-bond donors (Lipinski definition) is 2. The monoisotopic (exact) mass is 266 g/mol. The van der Waals surface area contributed by atoms with Crippen LogP contribution >= 0.6 is 0 Å². The van der Waals surface area contributed by atoms with Gasteiger partial charge in [0.25, 0.3) is 10.0 Å². The van der Waals surface area contributed by atoms with Gasteiger partial charge in [0.05, 0.1) is 11.9 Å². The molecule has 18 heavy (non-hydrogen) atoms. The molecule has 0 atom stereocenters. The minimum absolute atomic E-state index is 0.0637. The van der Waals surface area contributed by atoms with Crippen LogP contribution in [0.25, 0.3) is 0 Å². The molecular weight excluding hydrogens is 252 g/mol. The number of aromatic nitrogens is 3. The highest BCUT2D eigenvalue weighted by Crippen LogP contribution is 2.14. The summed E-state index contributed by atoms with van der Waals surface area (Å²) in [6.07, 6.45) is 3.52. The fraction of sp³-hybridized carbons (Fsp3) is 0.273. The van der Waals surface area contributed by atoms with Gasteiger partial charge < -0.3 is 4.98 Å². The van der Waals surface area contributed by atoms with Crippen LogP contribution in [-0.2, 0) is 16.4 Å². The van der Waals surface area contributed by atoms with E-state index in [9.17, 15) is 8.42 Å². The second-order valence-electron chi connectivity index (χ2n) is 3.84. The molecule has 2 heterocycles. The lowest BCUT2D eigenvalue weighted by atomic mass is 10.3. The van der Waals surface area contributed by atoms with Crippen molar-refractivity contribution in [3.8, 4) is 0 Å². The van der Waals surface area contributed by atoms with Gasteiger partial charge in [-0.05, 0) is 19.1 Å². The van der Waals surface area contributed by atoms with Crippen molar-refractivity contribution in [2.24, 2.45) is 0 Å². The molecule has 0 fully saturated rings. The van der Waals surface area contributed by atoms with E-state index in [1.807, 2.05) is 6.92 Å². The Kier molecular flexibility index (Phi) is 3.33. The predicted molar refractivity (Wildman–Crippen MR) is 67.7 cm³/mol. The highest BCUT2D eigenvalue weighted by molar-refractivity contribution is 7.92. The van der Waals surface area contributed by atoms with Crippen molar-refractivity contribution >= 4 is 15.7 Å². The Morgan fingerprint density at radius 3 is 2.78 bits per heavy atom. The minimum atomic E-state index is -3.62. The van der Waals surface area contributed by atoms with Gasteiger partial charge in [-0.3, -0.25) is 9.71 Å². The van der Waals surface area contributed by atoms with Crippen LogP contribution < -0.4 is 4.72 Å². The summed E-state index contributed by atoms with van der Waals surface area (Å²) < 4.78 is 26.6. The van der Waals surface area contributed by atoms with Crippen LogP contribution in [0.3, 0.4) is 0 Å². The maximum absolute atomic E-state index is 12.0. The number of imidazole rings is 1. The van der Waals surface area contributed by atoms with Gasteiger partial charge in [0.15, 0.2) is 5.03 Å². The number of aryl methyl sites for hydroxylation is 2. The van der Waals surface area contributed by atoms with Crippen LogP contribution in [-0.4, -0.2) is 23.4 Å². The molecule has 96 valence electrons. The normalized spacial score (nSPS) is 11.4. The van der Waals surface area contributed by atoms with E-state index in [1.54, 1.807) is 25.3 Å². The van der Waals surface area contributed by atoms with Crippen molar-refractivity contribution in [3.63, 3.8) is 0 Å². The number of aromatic amines is 1. The molecule has 2 aromatic heterocycles. The number of sulfonamides is 1. The first-order chi connectivity index (χ1) is 8.51. The van der Waals surface area contributed by atoms with Crippen LogP contribution in [0.2, 0.25) is 0 Å². The molecular formula is C11H14N4O2S. The first-order valence-electron chi connectivity index (χ1n) is 5.50. The molecule has 0 aliphatic rings. The number of hydrogen-bond acceptors (Lipinski definition) is 4. The average molecular weight is 266 g/mol. The smallest absolute Gasteiger partial charge is 0.278 e. The summed E-state index contributed by atoms with van der Waals surface area (Å²) in [4.78, 5) is 10.7. The zero-order chi connectivity index (χ0) is 13.2. The molecule has 0 aliphatic carbocycles. The van der Waals surface area contributed by atoms with E-state index >= 15 is 0 Å². The van der Waals surface area contributed by atoms with Gasteiger partial charge in [0.2, 0.25) is 0 Å². The summed E-state index contributed by atoms with van der Waals surface area (Å²) in [5.41, 5.74) is 1.23. The number of H-pyrrole nitrogens is 1. The molecule has 2 N–H and O–H groups in total. The lowest BCUT2D eigenvalue weighted by Gasteiger charge is -2.06. The van der Waals surface area contributed by atoms with Gasteiger partial charge in [0, 0.05) is 18.3 Å². The number of pyridine rings is 1. The summed E-state index contributed by atoms with van der Waals surface area (Å²) >= 11 is 0. The first kappa shape index (κ1) is 12.6. The highest BCUT2D eigenvalue weighted by atomic mass is 32.2. The van der Waals surface area contributed by atoms with E-state index in [0.29, 0.717) is 17.9 Å². The molecule has 0 saturated heterocycles. The maximum Gasteiger partial charge on any atom is 0.278 e. The molecule has 2 rings (SSSR count). The summed E-state index contributed by atoms with van der Waals surface area (Å²) in [6, 6.07) is 3.26. The Bertz CT molecular complexity index is 649. The number of nitrogens with zero attached hydrogens (tertiary/aromatic N) is 2. The second kappa shape index (κ2) is 4.77. The lowest BCUT2D eigenvalue weighted by molar-refractivity contribution is 0.598. The Morgan fingerprint density at radius 2 is 2.17 bits per heavy atom. The van der Waals surface area contributed by atoms with Crippen molar-refractivity contribution in [1.82, 2.24) is 15.0 Å². The number of rotatable bonds is 4. The number of nitrogens with one attached hydrogen (secondary N) is 2. The van der Waals surface area contributed by atoms with Crippen molar-refractivity contribution in [2.75, 3.05) is 4.72 Å². The summed E-state index contributed by atoms with van der Waals surface area (Å²) in [5, 5.41) is 0.0637. The van der Waals surface area contributed by atoms with Crippen molar-refractivity contribution in [1.29, 1.82) is 0 Å². The Hall–Kier alpha value is -1.89. The zero-order valence-corrected chi connectivity index (χ0v) is 11.0. The standard InChI is InChI=1S/C11H14N4O2S/c1-3-10-13-7-11(14-10)18(16,17)15-9-4-5-12-8(2)6-9/h4-7H,3H2,1-2H3,(H,12,15)(H,13,14). The first-order valence-corrected chi connectivity index (χ1v) is 6.99. The number of anilines is 1. The van der Waals surface area contributed by atoms with Crippen LogP contribution in [0, 0.1) is 6.92 Å². The van der Waals surface area contributed by atoms with Gasteiger partial charge in [-0.1, -0.05) is 6.92 Å². The predicted octanol–water partition coefficient (Wildman–Crippen LogP) is 1.48. The van der Waals surface area contributed by atoms with E-state index in [2.05, 4.69) is 19.7 Å². The Morgan fingerprint density at radius 1 is 1.39 bits per heavy atom. The molecule has 2 aromatic rings. The zero-order valence-electron chi connectivity index (χ0n) is 10.1. The van der Waals surface area contributed by atoms with E-state index in [4.69, 9.17) is 0 Å². The van der Waals surface area contributed by atoms with E-state index in [0.717, 1.165) is 5.69 Å². The summed E-state index contributed by atoms with van der Waals surface area (Å²) in [6.45, 7) is 3.69. The fourth-order valence-electron chi connectivity index (χ4n) is 1.48. The molecule has 0 aliphatic heterocycles. The molecule has 0 spiro atoms. The Labute approximate surface area is 106 Å². The summed E-state index contributed by atoms with van der Waals surface area (Å²) in [7, 11) is -3.62. The van der Waals surface area contributed by atoms with Crippen LogP contribution in [0.1, 0.15) is 18.4 Å². The minimum Gasteiger partial charge on any atom is -0.332 e. The maximum atomic E-state index is 12.0. The average Bonchev–Trinajstić information content (AvgIpc) is 2.77. The summed E-state index contributed by atoms with van der Waals surface area (Å²) in [5.74, 6) is 0.640. The van der Waals surface area contributed by atoms with Crippen molar-refractivity contribution in [3.05, 3.63) is 36.0 Å². The molecule has 0 radical (unpaired) electrons. The van der Waals surface area contributed by atoms with Crippen molar-refractivity contribution < 1.29 is 8.42 Å². The molecule has 6 nitrogen and oxygen atoms in total. The molecule has 0 saturated carbocycles. The van der Waals surface area contributed by atoms with Crippen LogP contribution in [0.4, 0.5) is 5.69 Å². The van der Waals surface area contributed by atoms with Gasteiger partial charge in [-0.15, -0.1) is 0 Å². The highest BCUT2D eigenvalue weighted by Gasteiger charge is 2.17. The Balaban J connectivity index is 2.27. The fourth-order valence-corrected chi connectivity index (χ4v) is 2.47. The molecule has 7 heteroatoms. The van der Waals surface area contributed by atoms with Crippen LogP contribution in [0.5, 0.6) is 0 Å². The van der Waals surface area contributed by atoms with E-state index < -0.39 is 10.0 Å². The lowest BCUT2D eigenvalue weighted by Crippen LogP contribution is -2.13. The van der Waals surface area contributed by atoms with E-state index in [-0.39, 0.29) is 5.03 Å². The van der Waals surface area contributed by atoms with E-state index in [1.165, 1.54) is 6.20 Å². The largest absolute Gasteiger partial charge is 0.332 e. The quantitative estimate of drug-likeness (QED) is 0.877. The third kappa shape index (κ3) is 2.67. The third-order valence-electron chi connectivity index (χ3n) is 2.38. The topological polar surface area (TPSA) is 87.7 Å². The molecule has 0 amide bonds. The van der Waals surface area contributed by atoms with Gasteiger partial charge in [-0.2, -0.15) is 8.42 Å².